The summed E-state index contributed by atoms with van der Waals surface area (Å²) in [5.74, 6) is 0.428. The van der Waals surface area contributed by atoms with E-state index in [-0.39, 0.29) is 11.6 Å². The number of thioether (sulfide) groups is 1. The Morgan fingerprint density at radius 3 is 2.65 bits per heavy atom. The SMILES string of the molecule is COc1ccc(CSC(N)=Nc2ccccc2)cc1F. The Morgan fingerprint density at radius 2 is 2.00 bits per heavy atom. The second-order valence-corrected chi connectivity index (χ2v) is 5.04. The van der Waals surface area contributed by atoms with Crippen LogP contribution in [0.3, 0.4) is 0 Å². The molecule has 0 amide bonds. The highest BCUT2D eigenvalue weighted by Gasteiger charge is 2.04. The molecule has 0 bridgehead atoms. The molecule has 0 heterocycles. The van der Waals surface area contributed by atoms with Crippen molar-refractivity contribution >= 4 is 22.6 Å². The van der Waals surface area contributed by atoms with E-state index in [0.717, 1.165) is 11.3 Å². The number of rotatable bonds is 4. The van der Waals surface area contributed by atoms with Crippen molar-refractivity contribution in [2.24, 2.45) is 10.7 Å². The largest absolute Gasteiger partial charge is 0.494 e. The molecular formula is C15H15FN2OS. The maximum absolute atomic E-state index is 13.5. The second kappa shape index (κ2) is 6.96. The standard InChI is InChI=1S/C15H15FN2OS/c1-19-14-8-7-11(9-13(14)16)10-20-15(17)18-12-5-3-2-4-6-12/h2-9H,10H2,1H3,(H2,17,18). The molecule has 0 unspecified atom stereocenters. The van der Waals surface area contributed by atoms with Crippen molar-refractivity contribution in [3.63, 3.8) is 0 Å². The van der Waals surface area contributed by atoms with Crippen molar-refractivity contribution in [1.29, 1.82) is 0 Å². The first kappa shape index (κ1) is 14.4. The maximum atomic E-state index is 13.5. The van der Waals surface area contributed by atoms with Gasteiger partial charge in [-0.2, -0.15) is 0 Å². The normalized spacial score (nSPS) is 11.4. The quantitative estimate of drug-likeness (QED) is 0.689. The lowest BCUT2D eigenvalue weighted by Crippen LogP contribution is -2.06. The van der Waals surface area contributed by atoms with Crippen LogP contribution < -0.4 is 10.5 Å². The number of amidine groups is 1. The summed E-state index contributed by atoms with van der Waals surface area (Å²) in [5, 5.41) is 0.451. The molecule has 0 fully saturated rings. The van der Waals surface area contributed by atoms with E-state index in [1.807, 2.05) is 36.4 Å². The first-order chi connectivity index (χ1) is 9.69. The van der Waals surface area contributed by atoms with E-state index in [4.69, 9.17) is 10.5 Å². The zero-order chi connectivity index (χ0) is 14.4. The van der Waals surface area contributed by atoms with Crippen molar-refractivity contribution in [3.05, 3.63) is 59.9 Å². The molecule has 2 aromatic rings. The van der Waals surface area contributed by atoms with E-state index in [1.54, 1.807) is 6.07 Å². The first-order valence-electron chi connectivity index (χ1n) is 6.03. The minimum atomic E-state index is -0.371. The molecule has 20 heavy (non-hydrogen) atoms. The molecule has 2 rings (SSSR count). The van der Waals surface area contributed by atoms with E-state index in [1.165, 1.54) is 24.9 Å². The number of para-hydroxylation sites is 1. The van der Waals surface area contributed by atoms with Gasteiger partial charge in [0.25, 0.3) is 0 Å². The number of aliphatic imine (C=N–C) groups is 1. The van der Waals surface area contributed by atoms with E-state index >= 15 is 0 Å². The Hall–Kier alpha value is -2.01. The van der Waals surface area contributed by atoms with Crippen LogP contribution >= 0.6 is 11.8 Å². The molecule has 0 saturated heterocycles. The lowest BCUT2D eigenvalue weighted by molar-refractivity contribution is 0.386. The van der Waals surface area contributed by atoms with E-state index in [2.05, 4.69) is 4.99 Å². The molecule has 0 aliphatic rings. The molecule has 0 radical (unpaired) electrons. The van der Waals surface area contributed by atoms with E-state index in [0.29, 0.717) is 10.9 Å². The fourth-order valence-corrected chi connectivity index (χ4v) is 2.28. The predicted octanol–water partition coefficient (Wildman–Crippen LogP) is 3.71. The number of hydrogen-bond acceptors (Lipinski definition) is 3. The monoisotopic (exact) mass is 290 g/mol. The van der Waals surface area contributed by atoms with Gasteiger partial charge in [0.15, 0.2) is 16.7 Å². The highest BCUT2D eigenvalue weighted by atomic mass is 32.2. The highest BCUT2D eigenvalue weighted by molar-refractivity contribution is 8.13. The molecule has 3 nitrogen and oxygen atoms in total. The van der Waals surface area contributed by atoms with Crippen LogP contribution in [-0.2, 0) is 5.75 Å². The van der Waals surface area contributed by atoms with Crippen LogP contribution in [0, 0.1) is 5.82 Å². The van der Waals surface area contributed by atoms with Crippen LogP contribution in [0.5, 0.6) is 5.75 Å². The van der Waals surface area contributed by atoms with Crippen molar-refractivity contribution < 1.29 is 9.13 Å². The zero-order valence-electron chi connectivity index (χ0n) is 11.0. The Balaban J connectivity index is 1.98. The average Bonchev–Trinajstić information content (AvgIpc) is 2.46. The van der Waals surface area contributed by atoms with Crippen molar-refractivity contribution in [1.82, 2.24) is 0 Å². The van der Waals surface area contributed by atoms with Crippen LogP contribution in [-0.4, -0.2) is 12.3 Å². The molecule has 0 saturated carbocycles. The summed E-state index contributed by atoms with van der Waals surface area (Å²) in [6, 6.07) is 14.3. The van der Waals surface area contributed by atoms with Gasteiger partial charge in [-0.05, 0) is 29.8 Å². The van der Waals surface area contributed by atoms with Gasteiger partial charge in [-0.1, -0.05) is 36.0 Å². The predicted molar refractivity (Wildman–Crippen MR) is 82.0 cm³/mol. The summed E-state index contributed by atoms with van der Waals surface area (Å²) in [6.07, 6.45) is 0. The molecule has 2 N–H and O–H groups in total. The van der Waals surface area contributed by atoms with Crippen LogP contribution in [0.4, 0.5) is 10.1 Å². The molecule has 0 atom stereocenters. The van der Waals surface area contributed by atoms with Crippen molar-refractivity contribution in [2.45, 2.75) is 5.75 Å². The number of nitrogens with two attached hydrogens (primary N) is 1. The van der Waals surface area contributed by atoms with Gasteiger partial charge < -0.3 is 10.5 Å². The third-order valence-corrected chi connectivity index (χ3v) is 3.46. The lowest BCUT2D eigenvalue weighted by atomic mass is 10.2. The molecule has 0 aliphatic carbocycles. The third kappa shape index (κ3) is 3.99. The summed E-state index contributed by atoms with van der Waals surface area (Å²) >= 11 is 1.37. The average molecular weight is 290 g/mol. The zero-order valence-corrected chi connectivity index (χ0v) is 11.9. The number of nitrogens with zero attached hydrogens (tertiary/aromatic N) is 1. The topological polar surface area (TPSA) is 47.6 Å². The third-order valence-electron chi connectivity index (χ3n) is 2.60. The fourth-order valence-electron chi connectivity index (χ4n) is 1.62. The maximum Gasteiger partial charge on any atom is 0.165 e. The minimum absolute atomic E-state index is 0.240. The van der Waals surface area contributed by atoms with Crippen LogP contribution in [0.15, 0.2) is 53.5 Å². The fraction of sp³-hybridized carbons (Fsp3) is 0.133. The second-order valence-electron chi connectivity index (χ2n) is 4.04. The van der Waals surface area contributed by atoms with Gasteiger partial charge in [-0.15, -0.1) is 0 Å². The van der Waals surface area contributed by atoms with E-state index < -0.39 is 0 Å². The van der Waals surface area contributed by atoms with Gasteiger partial charge in [0, 0.05) is 5.75 Å². The Kier molecular flexibility index (Phi) is 5.01. The number of halogens is 1. The molecule has 2 aromatic carbocycles. The minimum Gasteiger partial charge on any atom is -0.494 e. The van der Waals surface area contributed by atoms with Crippen LogP contribution in [0.25, 0.3) is 0 Å². The summed E-state index contributed by atoms with van der Waals surface area (Å²) in [5.41, 5.74) is 7.48. The molecule has 5 heteroatoms. The van der Waals surface area contributed by atoms with Crippen molar-refractivity contribution in [3.8, 4) is 5.75 Å². The highest BCUT2D eigenvalue weighted by Crippen LogP contribution is 2.21. The molecule has 0 aliphatic heterocycles. The summed E-state index contributed by atoms with van der Waals surface area (Å²) in [4.78, 5) is 4.27. The Bertz CT molecular complexity index is 602. The molecule has 0 aromatic heterocycles. The van der Waals surface area contributed by atoms with Crippen LogP contribution in [0.1, 0.15) is 5.56 Å². The number of methoxy groups -OCH3 is 1. The number of ether oxygens (including phenoxy) is 1. The lowest BCUT2D eigenvalue weighted by Gasteiger charge is -2.05. The molecular weight excluding hydrogens is 275 g/mol. The van der Waals surface area contributed by atoms with Crippen molar-refractivity contribution in [2.75, 3.05) is 7.11 Å². The van der Waals surface area contributed by atoms with E-state index in [9.17, 15) is 4.39 Å². The molecule has 104 valence electrons. The first-order valence-corrected chi connectivity index (χ1v) is 7.02. The summed E-state index contributed by atoms with van der Waals surface area (Å²) in [7, 11) is 1.44. The summed E-state index contributed by atoms with van der Waals surface area (Å²) in [6.45, 7) is 0. The van der Waals surface area contributed by atoms with Gasteiger partial charge in [0.05, 0.1) is 12.8 Å². The Morgan fingerprint density at radius 1 is 1.25 bits per heavy atom. The van der Waals surface area contributed by atoms with Gasteiger partial charge in [0.1, 0.15) is 0 Å². The number of hydrogen-bond donors (Lipinski definition) is 1. The van der Waals surface area contributed by atoms with Gasteiger partial charge in [-0.25, -0.2) is 9.38 Å². The van der Waals surface area contributed by atoms with Gasteiger partial charge >= 0.3 is 0 Å². The smallest absolute Gasteiger partial charge is 0.165 e. The molecule has 0 spiro atoms. The summed E-state index contributed by atoms with van der Waals surface area (Å²) < 4.78 is 18.4. The number of benzene rings is 2. The van der Waals surface area contributed by atoms with Gasteiger partial charge in [-0.3, -0.25) is 0 Å². The van der Waals surface area contributed by atoms with Gasteiger partial charge in [0.2, 0.25) is 0 Å². The Labute approximate surface area is 121 Å². The van der Waals surface area contributed by atoms with Crippen LogP contribution in [0.2, 0.25) is 0 Å².